The van der Waals surface area contributed by atoms with Crippen LogP contribution in [0.15, 0.2) is 30.5 Å². The number of H-pyrrole nitrogens is 1. The first-order valence-corrected chi connectivity index (χ1v) is 7.88. The summed E-state index contributed by atoms with van der Waals surface area (Å²) < 4.78 is 0. The smallest absolute Gasteiger partial charge is 0.314 e. The number of hydrogen-bond acceptors (Lipinski definition) is 3. The van der Waals surface area contributed by atoms with Gasteiger partial charge >= 0.3 is 6.03 Å². The summed E-state index contributed by atoms with van der Waals surface area (Å²) in [6.45, 7) is 2.68. The van der Waals surface area contributed by atoms with E-state index in [0.717, 1.165) is 24.1 Å². The van der Waals surface area contributed by atoms with Gasteiger partial charge in [0.25, 0.3) is 0 Å². The van der Waals surface area contributed by atoms with Crippen molar-refractivity contribution in [3.8, 4) is 0 Å². The fourth-order valence-corrected chi connectivity index (χ4v) is 2.29. The van der Waals surface area contributed by atoms with Crippen LogP contribution in [-0.4, -0.2) is 34.4 Å². The fourth-order valence-electron chi connectivity index (χ4n) is 2.16. The Hall–Kier alpha value is -2.05. The van der Waals surface area contributed by atoms with Gasteiger partial charge in [0.05, 0.1) is 12.3 Å². The molecule has 6 nitrogen and oxygen atoms in total. The molecule has 0 aliphatic carbocycles. The van der Waals surface area contributed by atoms with E-state index >= 15 is 0 Å². The van der Waals surface area contributed by atoms with Gasteiger partial charge in [-0.05, 0) is 43.0 Å². The van der Waals surface area contributed by atoms with E-state index in [1.165, 1.54) is 0 Å². The first-order chi connectivity index (χ1) is 11.1. The predicted molar refractivity (Wildman–Crippen MR) is 89.5 cm³/mol. The number of amides is 2. The van der Waals surface area contributed by atoms with Gasteiger partial charge in [-0.25, -0.2) is 4.79 Å². The van der Waals surface area contributed by atoms with Crippen molar-refractivity contribution >= 4 is 17.6 Å². The van der Waals surface area contributed by atoms with Crippen molar-refractivity contribution in [3.05, 3.63) is 52.3 Å². The lowest BCUT2D eigenvalue weighted by Gasteiger charge is -2.13. The maximum atomic E-state index is 11.7. The number of nitrogens with zero attached hydrogens (tertiary/aromatic N) is 1. The maximum Gasteiger partial charge on any atom is 0.314 e. The monoisotopic (exact) mass is 336 g/mol. The summed E-state index contributed by atoms with van der Waals surface area (Å²) in [6, 6.07) is 6.59. The van der Waals surface area contributed by atoms with Gasteiger partial charge in [0, 0.05) is 23.8 Å². The second-order valence-electron chi connectivity index (χ2n) is 5.33. The summed E-state index contributed by atoms with van der Waals surface area (Å²) in [5.41, 5.74) is 2.93. The minimum absolute atomic E-state index is 0.147. The van der Waals surface area contributed by atoms with Crippen molar-refractivity contribution in [1.82, 2.24) is 20.8 Å². The number of nitrogens with one attached hydrogen (secondary N) is 3. The lowest BCUT2D eigenvalue weighted by molar-refractivity contribution is 0.173. The largest absolute Gasteiger partial charge is 0.387 e. The average Bonchev–Trinajstić information content (AvgIpc) is 2.95. The minimum Gasteiger partial charge on any atom is -0.387 e. The van der Waals surface area contributed by atoms with E-state index in [-0.39, 0.29) is 12.6 Å². The van der Waals surface area contributed by atoms with Crippen LogP contribution in [0.4, 0.5) is 4.79 Å². The number of hydrogen-bond donors (Lipinski definition) is 4. The van der Waals surface area contributed by atoms with Crippen LogP contribution >= 0.6 is 11.6 Å². The van der Waals surface area contributed by atoms with Crippen LogP contribution in [0, 0.1) is 6.92 Å². The zero-order chi connectivity index (χ0) is 16.7. The molecule has 124 valence electrons. The van der Waals surface area contributed by atoms with Crippen molar-refractivity contribution in [2.45, 2.75) is 25.9 Å². The predicted octanol–water partition coefficient (Wildman–Crippen LogP) is 2.34. The van der Waals surface area contributed by atoms with Crippen molar-refractivity contribution in [2.75, 3.05) is 13.1 Å². The Morgan fingerprint density at radius 2 is 2.09 bits per heavy atom. The number of aromatic nitrogens is 2. The number of rotatable bonds is 7. The van der Waals surface area contributed by atoms with Gasteiger partial charge in [-0.1, -0.05) is 23.7 Å². The molecule has 0 saturated heterocycles. The molecule has 0 aliphatic heterocycles. The Morgan fingerprint density at radius 3 is 2.74 bits per heavy atom. The average molecular weight is 337 g/mol. The molecule has 0 radical (unpaired) electrons. The van der Waals surface area contributed by atoms with Crippen molar-refractivity contribution in [2.24, 2.45) is 0 Å². The number of aryl methyl sites for hydroxylation is 2. The Balaban J connectivity index is 1.63. The molecule has 2 aromatic rings. The highest BCUT2D eigenvalue weighted by Crippen LogP contribution is 2.15. The summed E-state index contributed by atoms with van der Waals surface area (Å²) in [5.74, 6) is 0. The van der Waals surface area contributed by atoms with Gasteiger partial charge in [0.2, 0.25) is 0 Å². The summed E-state index contributed by atoms with van der Waals surface area (Å²) >= 11 is 5.79. The molecule has 4 N–H and O–H groups in total. The first kappa shape index (κ1) is 17.3. The highest BCUT2D eigenvalue weighted by Gasteiger charge is 2.09. The number of aliphatic hydroxyl groups is 1. The Bertz CT molecular complexity index is 627. The molecule has 2 amide bonds. The van der Waals surface area contributed by atoms with E-state index < -0.39 is 6.10 Å². The molecular formula is C16H21ClN4O2. The molecular weight excluding hydrogens is 316 g/mol. The molecule has 0 saturated carbocycles. The SMILES string of the molecule is Cc1[nH]ncc1CCCNC(=O)NCC(O)c1ccc(Cl)cc1. The third-order valence-electron chi connectivity index (χ3n) is 3.55. The van der Waals surface area contributed by atoms with Crippen LogP contribution in [0.2, 0.25) is 5.02 Å². The number of urea groups is 1. The van der Waals surface area contributed by atoms with Gasteiger partial charge in [0.15, 0.2) is 0 Å². The van der Waals surface area contributed by atoms with E-state index in [2.05, 4.69) is 20.8 Å². The number of carbonyl (C=O) groups is 1. The van der Waals surface area contributed by atoms with Crippen LogP contribution in [0.1, 0.15) is 29.3 Å². The zero-order valence-corrected chi connectivity index (χ0v) is 13.7. The standard InChI is InChI=1S/C16H21ClN4O2/c1-11-13(9-20-21-11)3-2-8-18-16(23)19-10-15(22)12-4-6-14(17)7-5-12/h4-7,9,15,22H,2-3,8,10H2,1H3,(H,20,21)(H2,18,19,23). The van der Waals surface area contributed by atoms with Crippen LogP contribution in [0.3, 0.4) is 0 Å². The number of aromatic amines is 1. The molecule has 1 aromatic heterocycles. The van der Waals surface area contributed by atoms with E-state index in [1.54, 1.807) is 30.5 Å². The van der Waals surface area contributed by atoms with Crippen LogP contribution in [0.25, 0.3) is 0 Å². The molecule has 1 aromatic carbocycles. The minimum atomic E-state index is -0.758. The number of carbonyl (C=O) groups excluding carboxylic acids is 1. The lowest BCUT2D eigenvalue weighted by atomic mass is 10.1. The van der Waals surface area contributed by atoms with Gasteiger partial charge in [-0.2, -0.15) is 5.10 Å². The van der Waals surface area contributed by atoms with E-state index in [0.29, 0.717) is 17.1 Å². The Labute approximate surface area is 140 Å². The Kier molecular flexibility index (Phi) is 6.43. The fraction of sp³-hybridized carbons (Fsp3) is 0.375. The topological polar surface area (TPSA) is 90.0 Å². The highest BCUT2D eigenvalue weighted by atomic mass is 35.5. The van der Waals surface area contributed by atoms with E-state index in [1.807, 2.05) is 6.92 Å². The molecule has 7 heteroatoms. The Morgan fingerprint density at radius 1 is 1.35 bits per heavy atom. The molecule has 1 atom stereocenters. The third kappa shape index (κ3) is 5.58. The molecule has 23 heavy (non-hydrogen) atoms. The van der Waals surface area contributed by atoms with E-state index in [9.17, 15) is 9.90 Å². The number of benzene rings is 1. The first-order valence-electron chi connectivity index (χ1n) is 7.50. The molecule has 1 unspecified atom stereocenters. The van der Waals surface area contributed by atoms with Crippen molar-refractivity contribution in [3.63, 3.8) is 0 Å². The van der Waals surface area contributed by atoms with Gasteiger partial charge in [-0.3, -0.25) is 5.10 Å². The lowest BCUT2D eigenvalue weighted by Crippen LogP contribution is -2.38. The summed E-state index contributed by atoms with van der Waals surface area (Å²) in [7, 11) is 0. The number of halogens is 1. The van der Waals surface area contributed by atoms with Gasteiger partial charge in [-0.15, -0.1) is 0 Å². The van der Waals surface area contributed by atoms with Crippen LogP contribution < -0.4 is 10.6 Å². The van der Waals surface area contributed by atoms with Crippen molar-refractivity contribution < 1.29 is 9.90 Å². The molecule has 2 rings (SSSR count). The molecule has 0 aliphatic rings. The second-order valence-corrected chi connectivity index (χ2v) is 5.76. The summed E-state index contributed by atoms with van der Waals surface area (Å²) in [5, 5.41) is 22.9. The van der Waals surface area contributed by atoms with Crippen molar-refractivity contribution in [1.29, 1.82) is 0 Å². The van der Waals surface area contributed by atoms with Crippen LogP contribution in [0.5, 0.6) is 0 Å². The molecule has 1 heterocycles. The van der Waals surface area contributed by atoms with Gasteiger partial charge < -0.3 is 15.7 Å². The second kappa shape index (κ2) is 8.55. The molecule has 0 bridgehead atoms. The zero-order valence-electron chi connectivity index (χ0n) is 13.0. The van der Waals surface area contributed by atoms with Gasteiger partial charge in [0.1, 0.15) is 0 Å². The number of aliphatic hydroxyl groups excluding tert-OH is 1. The summed E-state index contributed by atoms with van der Waals surface area (Å²) in [6.07, 6.45) is 2.73. The molecule has 0 spiro atoms. The maximum absolute atomic E-state index is 11.7. The van der Waals surface area contributed by atoms with E-state index in [4.69, 9.17) is 11.6 Å². The third-order valence-corrected chi connectivity index (χ3v) is 3.81. The highest BCUT2D eigenvalue weighted by molar-refractivity contribution is 6.30. The summed E-state index contributed by atoms with van der Waals surface area (Å²) in [4.78, 5) is 11.7. The van der Waals surface area contributed by atoms with Crippen LogP contribution in [-0.2, 0) is 6.42 Å². The normalized spacial score (nSPS) is 12.0. The quantitative estimate of drug-likeness (QED) is 0.585. The molecule has 0 fully saturated rings.